The molecule has 1 aliphatic heterocycles. The van der Waals surface area contributed by atoms with Crippen molar-refractivity contribution < 1.29 is 23.7 Å². The molecule has 4 atom stereocenters. The largest absolute Gasteiger partial charge is 0.394 e. The van der Waals surface area contributed by atoms with Crippen LogP contribution in [-0.4, -0.2) is 29.0 Å². The first-order valence-electron chi connectivity index (χ1n) is 10.7. The fourth-order valence-corrected chi connectivity index (χ4v) is 4.57. The molecule has 174 valence electrons. The number of thiophene rings is 1. The average Bonchev–Trinajstić information content (AvgIpc) is 3.21. The van der Waals surface area contributed by atoms with E-state index in [9.17, 15) is 14.6 Å². The number of alkyl halides is 1. The Hall–Kier alpha value is -2.12. The predicted molar refractivity (Wildman–Crippen MR) is 129 cm³/mol. The van der Waals surface area contributed by atoms with E-state index in [0.29, 0.717) is 23.3 Å². The smallest absolute Gasteiger partial charge is 0.162 e. The van der Waals surface area contributed by atoms with Crippen molar-refractivity contribution in [3.63, 3.8) is 0 Å². The Morgan fingerprint density at radius 1 is 1.19 bits per heavy atom. The highest BCUT2D eigenvalue weighted by atomic mass is 32.1. The number of benzene rings is 1. The summed E-state index contributed by atoms with van der Waals surface area (Å²) in [4.78, 5) is 1.27. The topological polar surface area (TPSA) is 49.7 Å². The van der Waals surface area contributed by atoms with Gasteiger partial charge >= 0.3 is 0 Å². The lowest BCUT2D eigenvalue weighted by Gasteiger charge is -2.32. The molecule has 32 heavy (non-hydrogen) atoms. The summed E-state index contributed by atoms with van der Waals surface area (Å²) < 4.78 is 35.4. The van der Waals surface area contributed by atoms with Gasteiger partial charge in [-0.25, -0.2) is 8.78 Å². The number of hydrogen-bond acceptors (Lipinski definition) is 4. The molecule has 0 spiro atoms. The van der Waals surface area contributed by atoms with Gasteiger partial charge in [0, 0.05) is 28.2 Å². The van der Waals surface area contributed by atoms with E-state index >= 15 is 4.39 Å². The third-order valence-electron chi connectivity index (χ3n) is 5.18. The van der Waals surface area contributed by atoms with E-state index < -0.39 is 30.3 Å². The van der Waals surface area contributed by atoms with E-state index in [1.807, 2.05) is 45.1 Å². The second kappa shape index (κ2) is 12.8. The van der Waals surface area contributed by atoms with Crippen molar-refractivity contribution in [1.82, 2.24) is 0 Å². The van der Waals surface area contributed by atoms with Crippen molar-refractivity contribution in [2.24, 2.45) is 0 Å². The molecule has 2 aromatic rings. The lowest BCUT2D eigenvalue weighted by Crippen LogP contribution is -2.33. The second-order valence-electron chi connectivity index (χ2n) is 7.54. The van der Waals surface area contributed by atoms with Crippen LogP contribution in [0.25, 0.3) is 12.2 Å². The normalized spacial score (nSPS) is 22.0. The molecule has 4 unspecified atom stereocenters. The lowest BCUT2D eigenvalue weighted by molar-refractivity contribution is -0.113. The molecule has 3 nitrogen and oxygen atoms in total. The van der Waals surface area contributed by atoms with Crippen LogP contribution in [0.15, 0.2) is 49.1 Å². The summed E-state index contributed by atoms with van der Waals surface area (Å²) in [5.74, 6) is -0.632. The molecule has 2 N–H and O–H groups in total. The summed E-state index contributed by atoms with van der Waals surface area (Å²) in [7, 11) is 0. The quantitative estimate of drug-likeness (QED) is 0.465. The molecule has 1 aliphatic rings. The molecule has 1 aromatic heterocycles. The molecule has 0 radical (unpaired) electrons. The van der Waals surface area contributed by atoms with Crippen LogP contribution in [0.1, 0.15) is 72.3 Å². The van der Waals surface area contributed by atoms with Gasteiger partial charge in [-0.1, -0.05) is 36.9 Å². The van der Waals surface area contributed by atoms with Gasteiger partial charge in [-0.05, 0) is 56.2 Å². The van der Waals surface area contributed by atoms with E-state index in [0.717, 1.165) is 10.4 Å². The zero-order chi connectivity index (χ0) is 23.7. The monoisotopic (exact) mass is 462 g/mol. The minimum absolute atomic E-state index is 0.0643. The Morgan fingerprint density at radius 2 is 1.91 bits per heavy atom. The highest BCUT2D eigenvalue weighted by molar-refractivity contribution is 7.13. The summed E-state index contributed by atoms with van der Waals surface area (Å²) in [6.07, 6.45) is 6.81. The van der Waals surface area contributed by atoms with Crippen molar-refractivity contribution in [1.29, 1.82) is 0 Å². The van der Waals surface area contributed by atoms with Gasteiger partial charge in [-0.2, -0.15) is 0 Å². The molecular weight excluding hydrogens is 430 g/mol. The number of rotatable bonds is 6. The van der Waals surface area contributed by atoms with Gasteiger partial charge in [-0.3, -0.25) is 0 Å². The molecule has 6 heteroatoms. The lowest BCUT2D eigenvalue weighted by atomic mass is 9.94. The molecule has 0 bridgehead atoms. The molecule has 1 aromatic carbocycles. The molecule has 0 amide bonds. The number of aliphatic hydroxyl groups excluding tert-OH is 2. The van der Waals surface area contributed by atoms with Crippen molar-refractivity contribution in [2.45, 2.75) is 58.1 Å². The highest BCUT2D eigenvalue weighted by Crippen LogP contribution is 2.38. The van der Waals surface area contributed by atoms with E-state index in [4.69, 9.17) is 4.74 Å². The summed E-state index contributed by atoms with van der Waals surface area (Å²) in [6, 6.07) is 5.91. The first-order valence-corrected chi connectivity index (χ1v) is 11.5. The number of aliphatic hydroxyl groups is 2. The predicted octanol–water partition coefficient (Wildman–Crippen LogP) is 6.78. The van der Waals surface area contributed by atoms with E-state index in [-0.39, 0.29) is 12.2 Å². The van der Waals surface area contributed by atoms with Crippen molar-refractivity contribution in [2.75, 3.05) is 6.61 Å². The second-order valence-corrected chi connectivity index (χ2v) is 8.65. The van der Waals surface area contributed by atoms with Gasteiger partial charge in [0.1, 0.15) is 5.82 Å². The molecular formula is C26H32F2O3S. The van der Waals surface area contributed by atoms with Crippen LogP contribution in [-0.2, 0) is 4.74 Å². The Labute approximate surface area is 193 Å². The van der Waals surface area contributed by atoms with Crippen LogP contribution in [0.4, 0.5) is 8.78 Å². The summed E-state index contributed by atoms with van der Waals surface area (Å²) >= 11 is 1.26. The molecule has 3 rings (SSSR count). The van der Waals surface area contributed by atoms with Crippen LogP contribution in [0.5, 0.6) is 0 Å². The maximum absolute atomic E-state index is 15.2. The van der Waals surface area contributed by atoms with Gasteiger partial charge in [0.2, 0.25) is 0 Å². The summed E-state index contributed by atoms with van der Waals surface area (Å²) in [6.45, 7) is 9.42. The van der Waals surface area contributed by atoms with Gasteiger partial charge in [-0.15, -0.1) is 11.3 Å². The van der Waals surface area contributed by atoms with Crippen molar-refractivity contribution in [3.05, 3.63) is 81.3 Å². The Balaban J connectivity index is 0.000000837. The number of hydrogen-bond donors (Lipinski definition) is 2. The molecule has 2 heterocycles. The SMILES string of the molecule is C/C=C\C.C=Cc1cc(C(F)c2cc(C3CC(O)CC(CO)O3)ccc2F)sc1/C=C\C. The minimum Gasteiger partial charge on any atom is -0.394 e. The fourth-order valence-electron chi connectivity index (χ4n) is 3.44. The van der Waals surface area contributed by atoms with Gasteiger partial charge in [0.05, 0.1) is 24.9 Å². The van der Waals surface area contributed by atoms with E-state index in [2.05, 4.69) is 6.58 Å². The zero-order valence-corrected chi connectivity index (χ0v) is 19.6. The Kier molecular flexibility index (Phi) is 10.5. The third-order valence-corrected chi connectivity index (χ3v) is 6.33. The highest BCUT2D eigenvalue weighted by Gasteiger charge is 2.30. The van der Waals surface area contributed by atoms with Gasteiger partial charge in [0.25, 0.3) is 0 Å². The van der Waals surface area contributed by atoms with Crippen molar-refractivity contribution >= 4 is 23.5 Å². The maximum atomic E-state index is 15.2. The van der Waals surface area contributed by atoms with Crippen LogP contribution < -0.4 is 0 Å². The van der Waals surface area contributed by atoms with Crippen LogP contribution in [0.2, 0.25) is 0 Å². The van der Waals surface area contributed by atoms with E-state index in [1.165, 1.54) is 29.5 Å². The standard InChI is InChI=1S/C22H24F2O3S.C4H8/c1-3-5-20-13(4-2)9-21(28-20)22(24)17-8-14(6-7-18(17)23)19-11-15(26)10-16(12-25)27-19;1-3-4-2/h3-9,15-16,19,22,25-26H,2,10-12H2,1H3;3-4H,1-2H3/b5-3-;4-3-. The van der Waals surface area contributed by atoms with Gasteiger partial charge < -0.3 is 14.9 Å². The Bertz CT molecular complexity index is 931. The fraction of sp³-hybridized carbons (Fsp3) is 0.385. The number of ether oxygens (including phenoxy) is 1. The van der Waals surface area contributed by atoms with E-state index in [1.54, 1.807) is 12.1 Å². The third kappa shape index (κ3) is 6.69. The molecule has 1 saturated heterocycles. The zero-order valence-electron chi connectivity index (χ0n) is 18.8. The minimum atomic E-state index is -1.62. The molecule has 1 fully saturated rings. The average molecular weight is 463 g/mol. The summed E-state index contributed by atoms with van der Waals surface area (Å²) in [5.41, 5.74) is 1.33. The van der Waals surface area contributed by atoms with Crippen LogP contribution >= 0.6 is 11.3 Å². The van der Waals surface area contributed by atoms with Gasteiger partial charge in [0.15, 0.2) is 6.17 Å². The first kappa shape index (κ1) is 26.1. The Morgan fingerprint density at radius 3 is 2.50 bits per heavy atom. The van der Waals surface area contributed by atoms with Crippen molar-refractivity contribution in [3.8, 4) is 0 Å². The summed E-state index contributed by atoms with van der Waals surface area (Å²) in [5, 5.41) is 19.3. The maximum Gasteiger partial charge on any atom is 0.162 e. The number of halogens is 2. The number of allylic oxidation sites excluding steroid dienone is 3. The molecule has 0 aliphatic carbocycles. The van der Waals surface area contributed by atoms with Crippen LogP contribution in [0, 0.1) is 5.82 Å². The van der Waals surface area contributed by atoms with Crippen LogP contribution in [0.3, 0.4) is 0 Å². The first-order chi connectivity index (χ1) is 15.4. The molecule has 0 saturated carbocycles.